The molecule has 5 unspecified atom stereocenters. The Balaban J connectivity index is 2.32. The number of carbonyl (C=O) groups excluding carboxylic acids is 1. The second-order valence-corrected chi connectivity index (χ2v) is 8.35. The maximum absolute atomic E-state index is 12.4. The van der Waals surface area contributed by atoms with Gasteiger partial charge in [-0.05, 0) is 18.6 Å². The third kappa shape index (κ3) is 4.25. The summed E-state index contributed by atoms with van der Waals surface area (Å²) in [7, 11) is 0. The second-order valence-electron chi connectivity index (χ2n) is 7.41. The molecule has 25 heavy (non-hydrogen) atoms. The van der Waals surface area contributed by atoms with Gasteiger partial charge < -0.3 is 25.2 Å². The van der Waals surface area contributed by atoms with Crippen molar-refractivity contribution in [1.82, 2.24) is 0 Å². The summed E-state index contributed by atoms with van der Waals surface area (Å²) in [5.41, 5.74) is -0.377. The number of ether oxygens (including phenoxy) is 1. The highest BCUT2D eigenvalue weighted by Crippen LogP contribution is 2.37. The van der Waals surface area contributed by atoms with E-state index in [2.05, 4.69) is 4.99 Å². The number of nitrogens with zero attached hydrogens (tertiary/aromatic N) is 1. The Morgan fingerprint density at radius 2 is 1.96 bits per heavy atom. The van der Waals surface area contributed by atoms with Crippen LogP contribution in [-0.2, 0) is 9.53 Å². The molecule has 4 N–H and O–H groups in total. The molecule has 1 aliphatic heterocycles. The number of hydrogen-bond donors (Lipinski definition) is 4. The Kier molecular flexibility index (Phi) is 6.32. The van der Waals surface area contributed by atoms with E-state index in [1.165, 1.54) is 11.8 Å². The number of aliphatic imine (C=N–C) groups is 1. The lowest BCUT2D eigenvalue weighted by Gasteiger charge is -2.40. The molecule has 0 aromatic carbocycles. The molecule has 5 atom stereocenters. The smallest absolute Gasteiger partial charge is 0.168 e. The molecule has 1 aliphatic carbocycles. The molecule has 0 saturated carbocycles. The van der Waals surface area contributed by atoms with Gasteiger partial charge in [-0.3, -0.25) is 9.79 Å². The molecule has 0 aromatic rings. The van der Waals surface area contributed by atoms with Crippen molar-refractivity contribution >= 4 is 23.3 Å². The average molecular weight is 373 g/mol. The molecular formula is C17H27NO6S. The number of thioether (sulfide) groups is 1. The van der Waals surface area contributed by atoms with Crippen LogP contribution in [-0.4, -0.2) is 74.6 Å². The molecule has 0 radical (unpaired) electrons. The molecule has 0 spiro atoms. The molecule has 0 amide bonds. The van der Waals surface area contributed by atoms with E-state index >= 15 is 0 Å². The van der Waals surface area contributed by atoms with Crippen molar-refractivity contribution < 1.29 is 30.0 Å². The fourth-order valence-corrected chi connectivity index (χ4v) is 4.14. The molecule has 7 nitrogen and oxygen atoms in total. The second kappa shape index (κ2) is 7.75. The Bertz CT molecular complexity index is 586. The standard InChI is InChI=1S/C17H27NO6S/c1-8(12-9(20)5-17(2,3)6-10(12)21)18-13-15(23)14(22)11(7-19)24-16(13)25-4/h11,13-16,19-20,22-23H,5-7H2,1-4H3. The van der Waals surface area contributed by atoms with Crippen LogP contribution in [0.4, 0.5) is 0 Å². The maximum Gasteiger partial charge on any atom is 0.168 e. The molecule has 2 aliphatic rings. The zero-order valence-electron chi connectivity index (χ0n) is 15.0. The molecule has 8 heteroatoms. The summed E-state index contributed by atoms with van der Waals surface area (Å²) >= 11 is 1.29. The number of rotatable bonds is 4. The summed E-state index contributed by atoms with van der Waals surface area (Å²) in [5, 5.41) is 40.0. The van der Waals surface area contributed by atoms with Crippen LogP contribution in [0.1, 0.15) is 33.6 Å². The first-order valence-corrected chi connectivity index (χ1v) is 9.55. The maximum atomic E-state index is 12.4. The van der Waals surface area contributed by atoms with Crippen molar-refractivity contribution in [3.63, 3.8) is 0 Å². The number of allylic oxidation sites excluding steroid dienone is 2. The molecule has 0 aromatic heterocycles. The summed E-state index contributed by atoms with van der Waals surface area (Å²) < 4.78 is 5.59. The first kappa shape index (κ1) is 20.4. The molecular weight excluding hydrogens is 346 g/mol. The number of hydrogen-bond acceptors (Lipinski definition) is 8. The lowest BCUT2D eigenvalue weighted by Crippen LogP contribution is -2.57. The topological polar surface area (TPSA) is 120 Å². The van der Waals surface area contributed by atoms with Gasteiger partial charge in [0.05, 0.1) is 12.2 Å². The van der Waals surface area contributed by atoms with Crippen LogP contribution in [0.3, 0.4) is 0 Å². The predicted molar refractivity (Wildman–Crippen MR) is 95.8 cm³/mol. The Labute approximate surface area is 151 Å². The van der Waals surface area contributed by atoms with E-state index in [9.17, 15) is 25.2 Å². The highest BCUT2D eigenvalue weighted by molar-refractivity contribution is 7.99. The summed E-state index contributed by atoms with van der Waals surface area (Å²) in [6, 6.07) is -0.809. The van der Waals surface area contributed by atoms with Crippen molar-refractivity contribution in [3.8, 4) is 0 Å². The van der Waals surface area contributed by atoms with Gasteiger partial charge in [-0.2, -0.15) is 0 Å². The Hall–Kier alpha value is -0.930. The predicted octanol–water partition coefficient (Wildman–Crippen LogP) is 0.819. The van der Waals surface area contributed by atoms with Gasteiger partial charge in [-0.25, -0.2) is 0 Å². The fraction of sp³-hybridized carbons (Fsp3) is 0.765. The van der Waals surface area contributed by atoms with E-state index in [0.29, 0.717) is 18.6 Å². The van der Waals surface area contributed by atoms with Crippen molar-refractivity contribution in [1.29, 1.82) is 0 Å². The molecule has 142 valence electrons. The van der Waals surface area contributed by atoms with E-state index in [1.54, 1.807) is 13.2 Å². The minimum absolute atomic E-state index is 0.00297. The first-order chi connectivity index (χ1) is 11.6. The van der Waals surface area contributed by atoms with Crippen LogP contribution >= 0.6 is 11.8 Å². The number of aliphatic hydroxyl groups is 4. The molecule has 1 saturated heterocycles. The fourth-order valence-electron chi connectivity index (χ4n) is 3.39. The van der Waals surface area contributed by atoms with Gasteiger partial charge in [0.15, 0.2) is 5.78 Å². The van der Waals surface area contributed by atoms with Gasteiger partial charge in [-0.1, -0.05) is 13.8 Å². The van der Waals surface area contributed by atoms with Gasteiger partial charge in [-0.15, -0.1) is 11.8 Å². The molecule has 1 fully saturated rings. The van der Waals surface area contributed by atoms with E-state index in [4.69, 9.17) is 4.74 Å². The molecule has 2 rings (SSSR count). The summed E-state index contributed by atoms with van der Waals surface area (Å²) in [5.74, 6) is -0.182. The zero-order chi connectivity index (χ0) is 18.9. The minimum atomic E-state index is -1.28. The largest absolute Gasteiger partial charge is 0.511 e. The lowest BCUT2D eigenvalue weighted by atomic mass is 9.75. The average Bonchev–Trinajstić information content (AvgIpc) is 2.50. The monoisotopic (exact) mass is 373 g/mol. The van der Waals surface area contributed by atoms with Crippen LogP contribution in [0.5, 0.6) is 0 Å². The third-order valence-electron chi connectivity index (χ3n) is 4.64. The van der Waals surface area contributed by atoms with Crippen LogP contribution in [0.25, 0.3) is 0 Å². The van der Waals surface area contributed by atoms with Crippen LogP contribution in [0, 0.1) is 5.41 Å². The number of Topliss-reactive ketones (excluding diaryl/α,β-unsaturated/α-hetero) is 1. The Morgan fingerprint density at radius 1 is 1.32 bits per heavy atom. The minimum Gasteiger partial charge on any atom is -0.511 e. The highest BCUT2D eigenvalue weighted by Gasteiger charge is 2.44. The van der Waals surface area contributed by atoms with Crippen LogP contribution in [0.2, 0.25) is 0 Å². The van der Waals surface area contributed by atoms with Crippen molar-refractivity contribution in [2.45, 2.75) is 63.4 Å². The number of carbonyl (C=O) groups is 1. The number of aliphatic hydroxyl groups excluding tert-OH is 4. The van der Waals surface area contributed by atoms with E-state index in [1.807, 2.05) is 13.8 Å². The lowest BCUT2D eigenvalue weighted by molar-refractivity contribution is -0.165. The van der Waals surface area contributed by atoms with Crippen molar-refractivity contribution in [2.75, 3.05) is 12.9 Å². The van der Waals surface area contributed by atoms with Gasteiger partial charge in [0.1, 0.15) is 35.5 Å². The van der Waals surface area contributed by atoms with E-state index in [0.717, 1.165) is 0 Å². The highest BCUT2D eigenvalue weighted by atomic mass is 32.2. The van der Waals surface area contributed by atoms with Gasteiger partial charge >= 0.3 is 0 Å². The molecule has 0 bridgehead atoms. The van der Waals surface area contributed by atoms with Gasteiger partial charge in [0.2, 0.25) is 0 Å². The summed E-state index contributed by atoms with van der Waals surface area (Å²) in [6.45, 7) is 5.02. The Morgan fingerprint density at radius 3 is 2.48 bits per heavy atom. The third-order valence-corrected chi connectivity index (χ3v) is 5.49. The van der Waals surface area contributed by atoms with Crippen molar-refractivity contribution in [3.05, 3.63) is 11.3 Å². The quantitative estimate of drug-likeness (QED) is 0.539. The summed E-state index contributed by atoms with van der Waals surface area (Å²) in [4.78, 5) is 16.8. The summed E-state index contributed by atoms with van der Waals surface area (Å²) in [6.07, 6.45) is -0.943. The SMILES string of the molecule is CSC1OC(CO)C(O)C(O)C1N=C(C)C1=C(O)CC(C)(C)CC1=O. The van der Waals surface area contributed by atoms with E-state index < -0.39 is 36.4 Å². The number of ketones is 1. The zero-order valence-corrected chi connectivity index (χ0v) is 15.8. The van der Waals surface area contributed by atoms with Gasteiger partial charge in [0.25, 0.3) is 0 Å². The van der Waals surface area contributed by atoms with Gasteiger partial charge in [0, 0.05) is 18.6 Å². The van der Waals surface area contributed by atoms with E-state index in [-0.39, 0.29) is 22.5 Å². The molecule has 1 heterocycles. The van der Waals surface area contributed by atoms with Crippen LogP contribution in [0.15, 0.2) is 16.3 Å². The van der Waals surface area contributed by atoms with Crippen LogP contribution < -0.4 is 0 Å². The van der Waals surface area contributed by atoms with Crippen molar-refractivity contribution in [2.24, 2.45) is 10.4 Å². The normalized spacial score (nSPS) is 36.7. The first-order valence-electron chi connectivity index (χ1n) is 8.26.